The van der Waals surface area contributed by atoms with Crippen LogP contribution in [-0.2, 0) is 6.42 Å². The first-order chi connectivity index (χ1) is 8.56. The second-order valence-corrected chi connectivity index (χ2v) is 5.04. The summed E-state index contributed by atoms with van der Waals surface area (Å²) >= 11 is 0. The predicted molar refractivity (Wildman–Crippen MR) is 72.0 cm³/mol. The van der Waals surface area contributed by atoms with Crippen LogP contribution in [-0.4, -0.2) is 10.1 Å². The summed E-state index contributed by atoms with van der Waals surface area (Å²) in [6, 6.07) is 5.80. The Hall–Kier alpha value is -1.84. The van der Waals surface area contributed by atoms with E-state index in [1.807, 2.05) is 25.1 Å². The molecule has 0 atom stereocenters. The van der Waals surface area contributed by atoms with Gasteiger partial charge in [-0.1, -0.05) is 30.6 Å². The molecule has 1 aromatic heterocycles. The van der Waals surface area contributed by atoms with Crippen LogP contribution in [0.5, 0.6) is 0 Å². The van der Waals surface area contributed by atoms with E-state index in [2.05, 4.69) is 24.0 Å². The van der Waals surface area contributed by atoms with Gasteiger partial charge in [-0.25, -0.2) is 0 Å². The summed E-state index contributed by atoms with van der Waals surface area (Å²) < 4.78 is 5.28. The number of rotatable bonds is 4. The van der Waals surface area contributed by atoms with Gasteiger partial charge in [0.2, 0.25) is 0 Å². The highest BCUT2D eigenvalue weighted by molar-refractivity contribution is 5.70. The maximum absolute atomic E-state index is 5.93. The molecule has 0 bridgehead atoms. The van der Waals surface area contributed by atoms with Gasteiger partial charge >= 0.3 is 0 Å². The summed E-state index contributed by atoms with van der Waals surface area (Å²) in [5.74, 6) is 1.89. The molecule has 2 rings (SSSR count). The minimum absolute atomic E-state index is 0.509. The third kappa shape index (κ3) is 2.88. The fourth-order valence-electron chi connectivity index (χ4n) is 1.74. The van der Waals surface area contributed by atoms with Crippen molar-refractivity contribution in [3.8, 4) is 11.5 Å². The summed E-state index contributed by atoms with van der Waals surface area (Å²) in [5, 5.41) is 3.99. The molecule has 4 nitrogen and oxygen atoms in total. The molecule has 2 N–H and O–H groups in total. The minimum Gasteiger partial charge on any atom is -0.398 e. The smallest absolute Gasteiger partial charge is 0.260 e. The predicted octanol–water partition coefficient (Wildman–Crippen LogP) is 3.22. The topological polar surface area (TPSA) is 64.9 Å². The highest BCUT2D eigenvalue weighted by Crippen LogP contribution is 2.25. The van der Waals surface area contributed by atoms with Gasteiger partial charge < -0.3 is 10.3 Å². The highest BCUT2D eigenvalue weighted by atomic mass is 16.5. The van der Waals surface area contributed by atoms with Crippen LogP contribution in [0, 0.1) is 12.8 Å². The molecule has 0 saturated carbocycles. The zero-order valence-electron chi connectivity index (χ0n) is 11.1. The zero-order valence-corrected chi connectivity index (χ0v) is 11.1. The molecule has 0 amide bonds. The lowest BCUT2D eigenvalue weighted by Crippen LogP contribution is -1.94. The molecule has 0 spiro atoms. The van der Waals surface area contributed by atoms with E-state index in [0.717, 1.165) is 29.8 Å². The standard InChI is InChI=1S/C14H19N3O/c1-9(2)4-7-13-16-14(18-17-13)11-8-10(3)5-6-12(11)15/h5-6,8-9H,4,7,15H2,1-3H3. The fourth-order valence-corrected chi connectivity index (χ4v) is 1.74. The van der Waals surface area contributed by atoms with Crippen molar-refractivity contribution in [1.29, 1.82) is 0 Å². The van der Waals surface area contributed by atoms with Crippen LogP contribution >= 0.6 is 0 Å². The van der Waals surface area contributed by atoms with Crippen LogP contribution in [0.25, 0.3) is 11.5 Å². The first-order valence-corrected chi connectivity index (χ1v) is 6.25. The van der Waals surface area contributed by atoms with Gasteiger partial charge in [0, 0.05) is 12.1 Å². The van der Waals surface area contributed by atoms with Crippen molar-refractivity contribution in [2.24, 2.45) is 5.92 Å². The van der Waals surface area contributed by atoms with E-state index in [-0.39, 0.29) is 0 Å². The molecule has 96 valence electrons. The molecule has 4 heteroatoms. The monoisotopic (exact) mass is 245 g/mol. The Bertz CT molecular complexity index is 532. The molecule has 2 aromatic rings. The van der Waals surface area contributed by atoms with Crippen LogP contribution < -0.4 is 5.73 Å². The lowest BCUT2D eigenvalue weighted by atomic mass is 10.1. The van der Waals surface area contributed by atoms with Gasteiger partial charge in [0.1, 0.15) is 0 Å². The van der Waals surface area contributed by atoms with E-state index < -0.39 is 0 Å². The van der Waals surface area contributed by atoms with Crippen LogP contribution in [0.1, 0.15) is 31.7 Å². The molecule has 1 heterocycles. The lowest BCUT2D eigenvalue weighted by molar-refractivity contribution is 0.419. The van der Waals surface area contributed by atoms with Crippen LogP contribution in [0.15, 0.2) is 22.7 Å². The van der Waals surface area contributed by atoms with Crippen LogP contribution in [0.3, 0.4) is 0 Å². The SMILES string of the molecule is Cc1ccc(N)c(-c2nc(CCC(C)C)no2)c1. The quantitative estimate of drug-likeness (QED) is 0.840. The average molecular weight is 245 g/mol. The maximum atomic E-state index is 5.93. The third-order valence-electron chi connectivity index (χ3n) is 2.85. The summed E-state index contributed by atoms with van der Waals surface area (Å²) in [4.78, 5) is 4.40. The van der Waals surface area contributed by atoms with E-state index in [1.165, 1.54) is 0 Å². The van der Waals surface area contributed by atoms with E-state index >= 15 is 0 Å². The van der Waals surface area contributed by atoms with E-state index in [4.69, 9.17) is 10.3 Å². The van der Waals surface area contributed by atoms with Gasteiger partial charge in [-0.15, -0.1) is 0 Å². The minimum atomic E-state index is 0.509. The van der Waals surface area contributed by atoms with Gasteiger partial charge in [0.25, 0.3) is 5.89 Å². The van der Waals surface area contributed by atoms with Crippen molar-refractivity contribution in [3.05, 3.63) is 29.6 Å². The summed E-state index contributed by atoms with van der Waals surface area (Å²) in [6.07, 6.45) is 1.90. The molecular formula is C14H19N3O. The van der Waals surface area contributed by atoms with E-state index in [9.17, 15) is 0 Å². The molecule has 0 aliphatic heterocycles. The summed E-state index contributed by atoms with van der Waals surface area (Å²) in [7, 11) is 0. The largest absolute Gasteiger partial charge is 0.398 e. The number of nitrogens with two attached hydrogens (primary N) is 1. The van der Waals surface area contributed by atoms with Crippen molar-refractivity contribution in [2.75, 3.05) is 5.73 Å². The number of nitrogens with zero attached hydrogens (tertiary/aromatic N) is 2. The third-order valence-corrected chi connectivity index (χ3v) is 2.85. The van der Waals surface area contributed by atoms with Gasteiger partial charge in [0.05, 0.1) is 5.56 Å². The Balaban J connectivity index is 2.21. The number of hydrogen-bond acceptors (Lipinski definition) is 4. The normalized spacial score (nSPS) is 11.1. The Morgan fingerprint density at radius 2 is 2.11 bits per heavy atom. The van der Waals surface area contributed by atoms with Gasteiger partial charge in [-0.05, 0) is 31.4 Å². The molecule has 0 fully saturated rings. The number of nitrogen functional groups attached to an aromatic ring is 1. The fraction of sp³-hybridized carbons (Fsp3) is 0.429. The van der Waals surface area contributed by atoms with Crippen molar-refractivity contribution in [1.82, 2.24) is 10.1 Å². The second-order valence-electron chi connectivity index (χ2n) is 5.04. The maximum Gasteiger partial charge on any atom is 0.260 e. The highest BCUT2D eigenvalue weighted by Gasteiger charge is 2.12. The Morgan fingerprint density at radius 3 is 2.83 bits per heavy atom. The average Bonchev–Trinajstić information content (AvgIpc) is 2.78. The van der Waals surface area contributed by atoms with Crippen LogP contribution in [0.2, 0.25) is 0 Å². The summed E-state index contributed by atoms with van der Waals surface area (Å²) in [6.45, 7) is 6.37. The molecular weight excluding hydrogens is 226 g/mol. The Labute approximate surface area is 107 Å². The van der Waals surface area contributed by atoms with Gasteiger partial charge in [-0.3, -0.25) is 0 Å². The van der Waals surface area contributed by atoms with E-state index in [0.29, 0.717) is 17.5 Å². The number of hydrogen-bond donors (Lipinski definition) is 1. The molecule has 0 unspecified atom stereocenters. The second kappa shape index (κ2) is 5.21. The van der Waals surface area contributed by atoms with Crippen molar-refractivity contribution in [3.63, 3.8) is 0 Å². The van der Waals surface area contributed by atoms with Gasteiger partial charge in [-0.2, -0.15) is 4.98 Å². The Kier molecular flexibility index (Phi) is 3.65. The number of benzene rings is 1. The lowest BCUT2D eigenvalue weighted by Gasteiger charge is -2.01. The Morgan fingerprint density at radius 1 is 1.33 bits per heavy atom. The van der Waals surface area contributed by atoms with E-state index in [1.54, 1.807) is 0 Å². The molecule has 1 aromatic carbocycles. The summed E-state index contributed by atoms with van der Waals surface area (Å²) in [5.41, 5.74) is 8.54. The van der Waals surface area contributed by atoms with Crippen molar-refractivity contribution in [2.45, 2.75) is 33.6 Å². The molecule has 0 aliphatic rings. The molecule has 0 radical (unpaired) electrons. The zero-order chi connectivity index (χ0) is 13.1. The first-order valence-electron chi connectivity index (χ1n) is 6.25. The molecule has 18 heavy (non-hydrogen) atoms. The van der Waals surface area contributed by atoms with Crippen molar-refractivity contribution >= 4 is 5.69 Å². The number of aryl methyl sites for hydroxylation is 2. The number of anilines is 1. The van der Waals surface area contributed by atoms with Crippen LogP contribution in [0.4, 0.5) is 5.69 Å². The first kappa shape index (κ1) is 12.6. The number of aromatic nitrogens is 2. The molecule has 0 aliphatic carbocycles. The van der Waals surface area contributed by atoms with Gasteiger partial charge in [0.15, 0.2) is 5.82 Å². The molecule has 0 saturated heterocycles. The van der Waals surface area contributed by atoms with Crippen molar-refractivity contribution < 1.29 is 4.52 Å².